The number of nitrogens with one attached hydrogen (secondary N) is 3. The van der Waals surface area contributed by atoms with Crippen LogP contribution in [0.5, 0.6) is 0 Å². The molecule has 6 heteroatoms. The number of hydrogen-bond acceptors (Lipinski definition) is 4. The second-order valence-corrected chi connectivity index (χ2v) is 5.28. The Morgan fingerprint density at radius 1 is 0.800 bits per heavy atom. The first-order chi connectivity index (χ1) is 12.2. The average molecular weight is 335 g/mol. The lowest BCUT2D eigenvalue weighted by Gasteiger charge is -2.09. The normalized spacial score (nSPS) is 10.1. The smallest absolute Gasteiger partial charge is 0.291 e. The molecule has 25 heavy (non-hydrogen) atoms. The Bertz CT molecular complexity index is 845. The average Bonchev–Trinajstić information content (AvgIpc) is 3.16. The van der Waals surface area contributed by atoms with Crippen molar-refractivity contribution < 1.29 is 14.0 Å². The SMILES string of the molecule is O=C(CNc1cccc(NC(=O)c2ccco2)c1)Nc1ccccc1. The minimum Gasteiger partial charge on any atom is -0.459 e. The van der Waals surface area contributed by atoms with Gasteiger partial charge in [-0.05, 0) is 42.5 Å². The van der Waals surface area contributed by atoms with Crippen molar-refractivity contribution in [3.05, 3.63) is 78.8 Å². The minimum atomic E-state index is -0.330. The topological polar surface area (TPSA) is 83.4 Å². The Balaban J connectivity index is 1.54. The van der Waals surface area contributed by atoms with Crippen LogP contribution in [0.1, 0.15) is 10.6 Å². The van der Waals surface area contributed by atoms with E-state index in [4.69, 9.17) is 4.42 Å². The summed E-state index contributed by atoms with van der Waals surface area (Å²) in [5, 5.41) is 8.56. The molecule has 0 aliphatic heterocycles. The van der Waals surface area contributed by atoms with E-state index >= 15 is 0 Å². The summed E-state index contributed by atoms with van der Waals surface area (Å²) in [4.78, 5) is 23.9. The number of para-hydroxylation sites is 1. The van der Waals surface area contributed by atoms with E-state index < -0.39 is 0 Å². The fourth-order valence-corrected chi connectivity index (χ4v) is 2.22. The standard InChI is InChI=1S/C19H17N3O3/c23-18(21-14-6-2-1-3-7-14)13-20-15-8-4-9-16(12-15)22-19(24)17-10-5-11-25-17/h1-12,20H,13H2,(H,21,23)(H,22,24). The maximum absolute atomic E-state index is 12.0. The van der Waals surface area contributed by atoms with Crippen LogP contribution in [0.25, 0.3) is 0 Å². The summed E-state index contributed by atoms with van der Waals surface area (Å²) in [7, 11) is 0. The van der Waals surface area contributed by atoms with Gasteiger partial charge in [0.1, 0.15) is 0 Å². The number of anilines is 3. The van der Waals surface area contributed by atoms with Gasteiger partial charge in [0.2, 0.25) is 5.91 Å². The maximum Gasteiger partial charge on any atom is 0.291 e. The lowest BCUT2D eigenvalue weighted by Crippen LogP contribution is -2.21. The van der Waals surface area contributed by atoms with Gasteiger partial charge >= 0.3 is 0 Å². The molecule has 0 aliphatic rings. The summed E-state index contributed by atoms with van der Waals surface area (Å²) < 4.78 is 5.05. The lowest BCUT2D eigenvalue weighted by atomic mass is 10.2. The Morgan fingerprint density at radius 3 is 2.32 bits per heavy atom. The number of benzene rings is 2. The second-order valence-electron chi connectivity index (χ2n) is 5.28. The zero-order chi connectivity index (χ0) is 17.5. The van der Waals surface area contributed by atoms with Crippen LogP contribution in [0.15, 0.2) is 77.4 Å². The van der Waals surface area contributed by atoms with Crippen LogP contribution in [0.2, 0.25) is 0 Å². The van der Waals surface area contributed by atoms with Crippen LogP contribution < -0.4 is 16.0 Å². The Kier molecular flexibility index (Phi) is 5.11. The molecule has 3 rings (SSSR count). The number of carbonyl (C=O) groups excluding carboxylic acids is 2. The number of hydrogen-bond donors (Lipinski definition) is 3. The van der Waals surface area contributed by atoms with Gasteiger partial charge in [0.05, 0.1) is 12.8 Å². The fraction of sp³-hybridized carbons (Fsp3) is 0.0526. The highest BCUT2D eigenvalue weighted by atomic mass is 16.3. The van der Waals surface area contributed by atoms with Gasteiger partial charge in [0.25, 0.3) is 5.91 Å². The zero-order valence-electron chi connectivity index (χ0n) is 13.4. The molecular formula is C19H17N3O3. The molecule has 1 aromatic heterocycles. The van der Waals surface area contributed by atoms with Crippen LogP contribution in [0.3, 0.4) is 0 Å². The number of carbonyl (C=O) groups is 2. The Labute approximate surface area is 144 Å². The van der Waals surface area contributed by atoms with Gasteiger partial charge < -0.3 is 20.4 Å². The van der Waals surface area contributed by atoms with Gasteiger partial charge in [-0.25, -0.2) is 0 Å². The lowest BCUT2D eigenvalue weighted by molar-refractivity contribution is -0.114. The van der Waals surface area contributed by atoms with Crippen LogP contribution in [0, 0.1) is 0 Å². The van der Waals surface area contributed by atoms with Crippen molar-refractivity contribution in [3.8, 4) is 0 Å². The number of amides is 2. The van der Waals surface area contributed by atoms with Gasteiger partial charge in [0, 0.05) is 17.1 Å². The quantitative estimate of drug-likeness (QED) is 0.643. The van der Waals surface area contributed by atoms with Crippen molar-refractivity contribution in [1.29, 1.82) is 0 Å². The zero-order valence-corrected chi connectivity index (χ0v) is 13.4. The van der Waals surface area contributed by atoms with Crippen molar-refractivity contribution in [2.45, 2.75) is 0 Å². The third kappa shape index (κ3) is 4.71. The highest BCUT2D eigenvalue weighted by Gasteiger charge is 2.09. The van der Waals surface area contributed by atoms with E-state index in [0.29, 0.717) is 5.69 Å². The largest absolute Gasteiger partial charge is 0.459 e. The second kappa shape index (κ2) is 7.83. The molecule has 0 fully saturated rings. The van der Waals surface area contributed by atoms with E-state index in [1.54, 1.807) is 30.3 Å². The van der Waals surface area contributed by atoms with Crippen molar-refractivity contribution in [2.75, 3.05) is 22.5 Å². The highest BCUT2D eigenvalue weighted by molar-refractivity contribution is 6.02. The molecular weight excluding hydrogens is 318 g/mol. The van der Waals surface area contributed by atoms with Crippen molar-refractivity contribution >= 4 is 28.9 Å². The first-order valence-electron chi connectivity index (χ1n) is 7.74. The monoisotopic (exact) mass is 335 g/mol. The first-order valence-corrected chi connectivity index (χ1v) is 7.74. The molecule has 0 bridgehead atoms. The molecule has 0 unspecified atom stereocenters. The fourth-order valence-electron chi connectivity index (χ4n) is 2.22. The summed E-state index contributed by atoms with van der Waals surface area (Å²) in [6, 6.07) is 19.6. The molecule has 3 aromatic rings. The molecule has 126 valence electrons. The molecule has 0 atom stereocenters. The maximum atomic E-state index is 12.0. The van der Waals surface area contributed by atoms with Gasteiger partial charge in [-0.3, -0.25) is 9.59 Å². The molecule has 0 saturated carbocycles. The molecule has 2 amide bonds. The van der Waals surface area contributed by atoms with Crippen molar-refractivity contribution in [1.82, 2.24) is 0 Å². The predicted octanol–water partition coefficient (Wildman–Crippen LogP) is 3.58. The van der Waals surface area contributed by atoms with E-state index in [2.05, 4.69) is 16.0 Å². The van der Waals surface area contributed by atoms with Crippen LogP contribution in [-0.2, 0) is 4.79 Å². The number of furan rings is 1. The van der Waals surface area contributed by atoms with E-state index in [1.807, 2.05) is 36.4 Å². The van der Waals surface area contributed by atoms with Gasteiger partial charge in [-0.2, -0.15) is 0 Å². The van der Waals surface area contributed by atoms with Gasteiger partial charge in [0.15, 0.2) is 5.76 Å². The molecule has 2 aromatic carbocycles. The van der Waals surface area contributed by atoms with Crippen molar-refractivity contribution in [3.63, 3.8) is 0 Å². The molecule has 6 nitrogen and oxygen atoms in total. The molecule has 0 spiro atoms. The summed E-state index contributed by atoms with van der Waals surface area (Å²) in [6.07, 6.45) is 1.44. The van der Waals surface area contributed by atoms with Crippen LogP contribution in [0.4, 0.5) is 17.1 Å². The van der Waals surface area contributed by atoms with E-state index in [0.717, 1.165) is 11.4 Å². The predicted molar refractivity (Wildman–Crippen MR) is 96.7 cm³/mol. The minimum absolute atomic E-state index is 0.116. The summed E-state index contributed by atoms with van der Waals surface area (Å²) in [5.41, 5.74) is 2.07. The first kappa shape index (κ1) is 16.3. The Hall–Kier alpha value is -3.54. The van der Waals surface area contributed by atoms with E-state index in [9.17, 15) is 9.59 Å². The molecule has 1 heterocycles. The Morgan fingerprint density at radius 2 is 1.56 bits per heavy atom. The van der Waals surface area contributed by atoms with Gasteiger partial charge in [-0.15, -0.1) is 0 Å². The third-order valence-corrected chi connectivity index (χ3v) is 3.38. The van der Waals surface area contributed by atoms with Crippen LogP contribution >= 0.6 is 0 Å². The molecule has 0 aliphatic carbocycles. The van der Waals surface area contributed by atoms with Gasteiger partial charge in [-0.1, -0.05) is 24.3 Å². The summed E-state index contributed by atoms with van der Waals surface area (Å²) in [6.45, 7) is 0.116. The van der Waals surface area contributed by atoms with Crippen LogP contribution in [-0.4, -0.2) is 18.4 Å². The molecule has 0 saturated heterocycles. The van der Waals surface area contributed by atoms with Crippen molar-refractivity contribution in [2.24, 2.45) is 0 Å². The highest BCUT2D eigenvalue weighted by Crippen LogP contribution is 2.16. The van der Waals surface area contributed by atoms with E-state index in [1.165, 1.54) is 6.26 Å². The summed E-state index contributed by atoms with van der Waals surface area (Å²) in [5.74, 6) is -0.249. The molecule has 0 radical (unpaired) electrons. The number of rotatable bonds is 6. The van der Waals surface area contributed by atoms with E-state index in [-0.39, 0.29) is 24.1 Å². The molecule has 3 N–H and O–H groups in total. The summed E-state index contributed by atoms with van der Waals surface area (Å²) >= 11 is 0. The third-order valence-electron chi connectivity index (χ3n) is 3.38.